The second kappa shape index (κ2) is 8.11. The van der Waals surface area contributed by atoms with E-state index < -0.39 is 0 Å². The van der Waals surface area contributed by atoms with Gasteiger partial charge >= 0.3 is 0 Å². The lowest BCUT2D eigenvalue weighted by Gasteiger charge is -2.39. The molecule has 0 saturated carbocycles. The lowest BCUT2D eigenvalue weighted by atomic mass is 9.82. The van der Waals surface area contributed by atoms with Crippen LogP contribution in [0.5, 0.6) is 5.75 Å². The minimum absolute atomic E-state index is 0.208. The maximum absolute atomic E-state index is 13.2. The molecule has 3 rings (SSSR count). The van der Waals surface area contributed by atoms with Crippen molar-refractivity contribution in [2.24, 2.45) is 0 Å². The highest BCUT2D eigenvalue weighted by Gasteiger charge is 2.33. The lowest BCUT2D eigenvalue weighted by Crippen LogP contribution is -2.48. The van der Waals surface area contributed by atoms with Gasteiger partial charge in [-0.3, -0.25) is 0 Å². The van der Waals surface area contributed by atoms with Crippen molar-refractivity contribution in [2.75, 3.05) is 26.4 Å². The average Bonchev–Trinajstić information content (AvgIpc) is 2.67. The number of nitrogens with zero attached hydrogens (tertiary/aromatic N) is 1. The van der Waals surface area contributed by atoms with Gasteiger partial charge in [-0.25, -0.2) is 4.39 Å². The SMILES string of the molecule is N#Cc1ccc(OCCNC2(c3ccc(F)cc3)CCOCC2)cc1. The van der Waals surface area contributed by atoms with E-state index in [1.165, 1.54) is 12.1 Å². The van der Waals surface area contributed by atoms with Crippen molar-refractivity contribution in [1.82, 2.24) is 5.32 Å². The van der Waals surface area contributed by atoms with E-state index in [-0.39, 0.29) is 11.4 Å². The molecule has 130 valence electrons. The second-order valence-electron chi connectivity index (χ2n) is 6.11. The molecule has 1 heterocycles. The fourth-order valence-electron chi connectivity index (χ4n) is 3.14. The van der Waals surface area contributed by atoms with Crippen LogP contribution in [0.4, 0.5) is 4.39 Å². The van der Waals surface area contributed by atoms with E-state index in [0.29, 0.717) is 31.9 Å². The summed E-state index contributed by atoms with van der Waals surface area (Å²) in [5.41, 5.74) is 1.48. The zero-order valence-corrected chi connectivity index (χ0v) is 14.0. The molecule has 0 amide bonds. The third kappa shape index (κ3) is 4.36. The molecule has 0 spiro atoms. The summed E-state index contributed by atoms with van der Waals surface area (Å²) in [5.74, 6) is 0.513. The summed E-state index contributed by atoms with van der Waals surface area (Å²) in [6.07, 6.45) is 1.69. The van der Waals surface area contributed by atoms with Gasteiger partial charge in [0.1, 0.15) is 18.2 Å². The van der Waals surface area contributed by atoms with Crippen LogP contribution >= 0.6 is 0 Å². The minimum Gasteiger partial charge on any atom is -0.492 e. The molecule has 0 radical (unpaired) electrons. The van der Waals surface area contributed by atoms with Crippen LogP contribution < -0.4 is 10.1 Å². The van der Waals surface area contributed by atoms with Gasteiger partial charge in [0.15, 0.2) is 0 Å². The number of hydrogen-bond acceptors (Lipinski definition) is 4. The van der Waals surface area contributed by atoms with Crippen molar-refractivity contribution < 1.29 is 13.9 Å². The van der Waals surface area contributed by atoms with Gasteiger partial charge in [0, 0.05) is 25.3 Å². The maximum Gasteiger partial charge on any atom is 0.123 e. The Bertz CT molecular complexity index is 717. The first-order valence-corrected chi connectivity index (χ1v) is 8.44. The molecule has 2 aromatic carbocycles. The Kier molecular flexibility index (Phi) is 5.64. The van der Waals surface area contributed by atoms with Gasteiger partial charge in [-0.15, -0.1) is 0 Å². The Morgan fingerprint density at radius 1 is 1.08 bits per heavy atom. The zero-order chi connectivity index (χ0) is 17.5. The molecule has 5 heteroatoms. The first-order chi connectivity index (χ1) is 12.2. The monoisotopic (exact) mass is 340 g/mol. The van der Waals surface area contributed by atoms with Crippen molar-refractivity contribution in [3.05, 3.63) is 65.5 Å². The summed E-state index contributed by atoms with van der Waals surface area (Å²) in [7, 11) is 0. The Hall–Kier alpha value is -2.42. The minimum atomic E-state index is -0.227. The normalized spacial score (nSPS) is 16.2. The Labute approximate surface area is 147 Å². The summed E-state index contributed by atoms with van der Waals surface area (Å²) in [5, 5.41) is 12.4. The molecule has 1 aliphatic heterocycles. The van der Waals surface area contributed by atoms with E-state index in [9.17, 15) is 4.39 Å². The Balaban J connectivity index is 1.59. The number of halogens is 1. The molecule has 0 unspecified atom stereocenters. The zero-order valence-electron chi connectivity index (χ0n) is 14.0. The van der Waals surface area contributed by atoms with Crippen LogP contribution in [0.3, 0.4) is 0 Å². The van der Waals surface area contributed by atoms with E-state index in [2.05, 4.69) is 11.4 Å². The molecule has 2 aromatic rings. The summed E-state index contributed by atoms with van der Waals surface area (Å²) < 4.78 is 24.5. The molecular weight excluding hydrogens is 319 g/mol. The van der Waals surface area contributed by atoms with Crippen LogP contribution in [-0.2, 0) is 10.3 Å². The molecule has 0 bridgehead atoms. The van der Waals surface area contributed by atoms with Gasteiger partial charge in [0.2, 0.25) is 0 Å². The molecule has 0 aromatic heterocycles. The highest BCUT2D eigenvalue weighted by Crippen LogP contribution is 2.32. The van der Waals surface area contributed by atoms with Gasteiger partial charge in [0.05, 0.1) is 11.6 Å². The van der Waals surface area contributed by atoms with Crippen LogP contribution in [0.25, 0.3) is 0 Å². The van der Waals surface area contributed by atoms with Crippen molar-refractivity contribution in [3.8, 4) is 11.8 Å². The number of nitrogens with one attached hydrogen (secondary N) is 1. The van der Waals surface area contributed by atoms with E-state index in [0.717, 1.165) is 24.2 Å². The second-order valence-corrected chi connectivity index (χ2v) is 6.11. The fraction of sp³-hybridized carbons (Fsp3) is 0.350. The van der Waals surface area contributed by atoms with Crippen molar-refractivity contribution >= 4 is 0 Å². The average molecular weight is 340 g/mol. The van der Waals surface area contributed by atoms with Gasteiger partial charge in [0.25, 0.3) is 0 Å². The molecule has 0 atom stereocenters. The van der Waals surface area contributed by atoms with E-state index in [1.54, 1.807) is 24.3 Å². The van der Waals surface area contributed by atoms with E-state index in [4.69, 9.17) is 14.7 Å². The first kappa shape index (κ1) is 17.4. The predicted octanol–water partition coefficient (Wildman–Crippen LogP) is 3.37. The third-order valence-electron chi connectivity index (χ3n) is 4.56. The molecule has 1 N–H and O–H groups in total. The first-order valence-electron chi connectivity index (χ1n) is 8.44. The van der Waals surface area contributed by atoms with Crippen LogP contribution in [0.15, 0.2) is 48.5 Å². The Morgan fingerprint density at radius 2 is 1.76 bits per heavy atom. The summed E-state index contributed by atoms with van der Waals surface area (Å²) in [6.45, 7) is 2.54. The number of rotatable bonds is 6. The van der Waals surface area contributed by atoms with Crippen LogP contribution in [0.2, 0.25) is 0 Å². The highest BCUT2D eigenvalue weighted by atomic mass is 19.1. The molecule has 1 aliphatic rings. The number of hydrogen-bond donors (Lipinski definition) is 1. The molecule has 1 fully saturated rings. The van der Waals surface area contributed by atoms with Crippen LogP contribution in [0, 0.1) is 17.1 Å². The van der Waals surface area contributed by atoms with Crippen LogP contribution in [0.1, 0.15) is 24.0 Å². The van der Waals surface area contributed by atoms with Crippen molar-refractivity contribution in [3.63, 3.8) is 0 Å². The smallest absolute Gasteiger partial charge is 0.123 e. The summed E-state index contributed by atoms with van der Waals surface area (Å²) in [6, 6.07) is 15.8. The lowest BCUT2D eigenvalue weighted by molar-refractivity contribution is 0.0352. The topological polar surface area (TPSA) is 54.3 Å². The third-order valence-corrected chi connectivity index (χ3v) is 4.56. The number of ether oxygens (including phenoxy) is 2. The number of nitriles is 1. The van der Waals surface area contributed by atoms with E-state index in [1.807, 2.05) is 12.1 Å². The fourth-order valence-corrected chi connectivity index (χ4v) is 3.14. The highest BCUT2D eigenvalue weighted by molar-refractivity contribution is 5.34. The van der Waals surface area contributed by atoms with E-state index >= 15 is 0 Å². The molecule has 1 saturated heterocycles. The number of benzene rings is 2. The van der Waals surface area contributed by atoms with Crippen molar-refractivity contribution in [2.45, 2.75) is 18.4 Å². The molecule has 4 nitrogen and oxygen atoms in total. The van der Waals surface area contributed by atoms with Crippen molar-refractivity contribution in [1.29, 1.82) is 5.26 Å². The summed E-state index contributed by atoms with van der Waals surface area (Å²) >= 11 is 0. The summed E-state index contributed by atoms with van der Waals surface area (Å²) in [4.78, 5) is 0. The van der Waals surface area contributed by atoms with Crippen LogP contribution in [-0.4, -0.2) is 26.4 Å². The quantitative estimate of drug-likeness (QED) is 0.819. The maximum atomic E-state index is 13.2. The molecule has 0 aliphatic carbocycles. The van der Waals surface area contributed by atoms with Gasteiger partial charge in [-0.05, 0) is 54.8 Å². The van der Waals surface area contributed by atoms with Gasteiger partial charge in [-0.1, -0.05) is 12.1 Å². The molecule has 25 heavy (non-hydrogen) atoms. The molecular formula is C20H21FN2O2. The largest absolute Gasteiger partial charge is 0.492 e. The Morgan fingerprint density at radius 3 is 2.40 bits per heavy atom. The van der Waals surface area contributed by atoms with Gasteiger partial charge in [-0.2, -0.15) is 5.26 Å². The predicted molar refractivity (Wildman–Crippen MR) is 92.8 cm³/mol. The standard InChI is InChI=1S/C20H21FN2O2/c21-18-5-3-17(4-6-18)20(9-12-24-13-10-20)23-11-14-25-19-7-1-16(15-22)2-8-19/h1-8,23H,9-14H2. The van der Waals surface area contributed by atoms with Gasteiger partial charge < -0.3 is 14.8 Å².